The molecule has 0 bridgehead atoms. The summed E-state index contributed by atoms with van der Waals surface area (Å²) in [7, 11) is 0. The van der Waals surface area contributed by atoms with Gasteiger partial charge in [-0.2, -0.15) is 0 Å². The number of nitrogens with zero attached hydrogens (tertiary/aromatic N) is 1. The first-order valence-electron chi connectivity index (χ1n) is 11.4. The molecule has 11 heteroatoms. The zero-order valence-corrected chi connectivity index (χ0v) is 22.4. The number of ether oxygens (including phenoxy) is 2. The molecule has 2 N–H and O–H groups in total. The smallest absolute Gasteiger partial charge is 0.270 e. The Kier molecular flexibility index (Phi) is 8.49. The van der Waals surface area contributed by atoms with Crippen molar-refractivity contribution in [3.63, 3.8) is 0 Å². The van der Waals surface area contributed by atoms with E-state index >= 15 is 0 Å². The third kappa shape index (κ3) is 6.24. The lowest BCUT2D eigenvalue weighted by molar-refractivity contribution is -0.122. The van der Waals surface area contributed by atoms with Gasteiger partial charge in [0.15, 0.2) is 23.2 Å². The van der Waals surface area contributed by atoms with Crippen molar-refractivity contribution in [3.05, 3.63) is 88.2 Å². The van der Waals surface area contributed by atoms with Gasteiger partial charge in [-0.15, -0.1) is 0 Å². The van der Waals surface area contributed by atoms with Crippen LogP contribution in [0, 0.1) is 5.82 Å². The van der Waals surface area contributed by atoms with E-state index in [0.29, 0.717) is 33.8 Å². The first kappa shape index (κ1) is 27.0. The minimum atomic E-state index is -0.680. The molecule has 0 aromatic heterocycles. The van der Waals surface area contributed by atoms with Crippen LogP contribution in [0.25, 0.3) is 6.08 Å². The van der Waals surface area contributed by atoms with Gasteiger partial charge in [0.05, 0.1) is 12.3 Å². The Hall–Kier alpha value is -4.09. The Bertz CT molecular complexity index is 1430. The topological polar surface area (TPSA) is 97.0 Å². The molecule has 3 aromatic rings. The number of halogens is 2. The molecule has 3 aromatic carbocycles. The van der Waals surface area contributed by atoms with Gasteiger partial charge in [-0.25, -0.2) is 4.39 Å². The Labute approximate surface area is 231 Å². The minimum absolute atomic E-state index is 0.115. The summed E-state index contributed by atoms with van der Waals surface area (Å²) in [6.45, 7) is 1.81. The van der Waals surface area contributed by atoms with E-state index in [0.717, 1.165) is 4.90 Å². The van der Waals surface area contributed by atoms with Crippen molar-refractivity contribution in [2.45, 2.75) is 6.92 Å². The molecular formula is C27H21BrFN3O5S. The molecule has 0 unspecified atom stereocenters. The highest BCUT2D eigenvalue weighted by Gasteiger charge is 2.34. The monoisotopic (exact) mass is 597 g/mol. The molecule has 0 radical (unpaired) electrons. The number of anilines is 2. The van der Waals surface area contributed by atoms with Gasteiger partial charge in [-0.05, 0) is 79.3 Å². The van der Waals surface area contributed by atoms with Crippen molar-refractivity contribution >= 4 is 68.4 Å². The third-order valence-corrected chi connectivity index (χ3v) is 6.24. The second kappa shape index (κ2) is 12.0. The van der Waals surface area contributed by atoms with Gasteiger partial charge in [0.2, 0.25) is 0 Å². The predicted molar refractivity (Wildman–Crippen MR) is 148 cm³/mol. The maximum Gasteiger partial charge on any atom is 0.270 e. The fourth-order valence-electron chi connectivity index (χ4n) is 3.54. The quantitative estimate of drug-likeness (QED) is 0.219. The van der Waals surface area contributed by atoms with Gasteiger partial charge >= 0.3 is 0 Å². The molecule has 1 saturated heterocycles. The van der Waals surface area contributed by atoms with Crippen LogP contribution in [0.3, 0.4) is 0 Å². The minimum Gasteiger partial charge on any atom is -0.490 e. The van der Waals surface area contributed by atoms with Crippen LogP contribution in [0.4, 0.5) is 15.8 Å². The lowest BCUT2D eigenvalue weighted by Gasteiger charge is -2.29. The van der Waals surface area contributed by atoms with Crippen molar-refractivity contribution in [1.82, 2.24) is 5.32 Å². The number of rotatable bonds is 8. The van der Waals surface area contributed by atoms with E-state index in [1.54, 1.807) is 43.3 Å². The summed E-state index contributed by atoms with van der Waals surface area (Å²) >= 11 is 8.61. The molecule has 1 fully saturated rings. The molecule has 194 valence electrons. The van der Waals surface area contributed by atoms with E-state index in [9.17, 15) is 18.8 Å². The van der Waals surface area contributed by atoms with Gasteiger partial charge in [-0.1, -0.05) is 34.1 Å². The summed E-state index contributed by atoms with van der Waals surface area (Å²) in [6, 6.07) is 17.3. The number of para-hydroxylation sites is 1. The van der Waals surface area contributed by atoms with E-state index in [2.05, 4.69) is 26.6 Å². The maximum atomic E-state index is 13.4. The first-order valence-corrected chi connectivity index (χ1v) is 12.6. The first-order chi connectivity index (χ1) is 18.3. The molecule has 1 heterocycles. The van der Waals surface area contributed by atoms with Gasteiger partial charge in [0.1, 0.15) is 11.4 Å². The van der Waals surface area contributed by atoms with Crippen LogP contribution in [0.2, 0.25) is 0 Å². The molecule has 0 atom stereocenters. The fourth-order valence-corrected chi connectivity index (χ4v) is 4.26. The number of carbonyl (C=O) groups is 3. The molecule has 0 spiro atoms. The normalized spacial score (nSPS) is 14.3. The number of amides is 3. The SMILES string of the molecule is CCOc1cc(/C=C2/C(=O)NC(=S)N(c3ccc(F)cc3)C2=O)c(Br)cc1OCC(=O)Nc1ccccc1. The molecule has 4 rings (SSSR count). The highest BCUT2D eigenvalue weighted by atomic mass is 79.9. The van der Waals surface area contributed by atoms with Gasteiger partial charge in [0, 0.05) is 10.2 Å². The summed E-state index contributed by atoms with van der Waals surface area (Å²) in [6.07, 6.45) is 1.38. The van der Waals surface area contributed by atoms with E-state index < -0.39 is 17.6 Å². The van der Waals surface area contributed by atoms with Crippen molar-refractivity contribution in [2.75, 3.05) is 23.4 Å². The van der Waals surface area contributed by atoms with Crippen LogP contribution in [-0.4, -0.2) is 36.0 Å². The van der Waals surface area contributed by atoms with Gasteiger partial charge < -0.3 is 14.8 Å². The van der Waals surface area contributed by atoms with Crippen molar-refractivity contribution in [2.24, 2.45) is 0 Å². The summed E-state index contributed by atoms with van der Waals surface area (Å²) < 4.78 is 25.2. The van der Waals surface area contributed by atoms with Crippen molar-refractivity contribution in [3.8, 4) is 11.5 Å². The van der Waals surface area contributed by atoms with E-state index in [1.165, 1.54) is 30.3 Å². The van der Waals surface area contributed by atoms with Crippen LogP contribution < -0.4 is 25.0 Å². The molecule has 8 nitrogen and oxygen atoms in total. The molecule has 38 heavy (non-hydrogen) atoms. The van der Waals surface area contributed by atoms with Gasteiger partial charge in [-0.3, -0.25) is 24.6 Å². The molecule has 0 aliphatic carbocycles. The highest BCUT2D eigenvalue weighted by Crippen LogP contribution is 2.35. The predicted octanol–water partition coefficient (Wildman–Crippen LogP) is 4.84. The second-order valence-electron chi connectivity index (χ2n) is 7.89. The maximum absolute atomic E-state index is 13.4. The zero-order chi connectivity index (χ0) is 27.2. The molecule has 3 amide bonds. The van der Waals surface area contributed by atoms with E-state index in [4.69, 9.17) is 21.7 Å². The molecular weight excluding hydrogens is 577 g/mol. The average Bonchev–Trinajstić information content (AvgIpc) is 2.89. The fraction of sp³-hybridized carbons (Fsp3) is 0.111. The Morgan fingerprint density at radius 1 is 1.08 bits per heavy atom. The van der Waals surface area contributed by atoms with Crippen molar-refractivity contribution < 1.29 is 28.2 Å². The number of hydrogen-bond donors (Lipinski definition) is 2. The second-order valence-corrected chi connectivity index (χ2v) is 9.13. The number of benzene rings is 3. The van der Waals surface area contributed by atoms with Crippen LogP contribution in [-0.2, 0) is 14.4 Å². The third-order valence-electron chi connectivity index (χ3n) is 5.27. The summed E-state index contributed by atoms with van der Waals surface area (Å²) in [5.74, 6) is -1.59. The molecule has 0 saturated carbocycles. The molecule has 1 aliphatic rings. The standard InChI is InChI=1S/C27H21BrFN3O5S/c1-2-36-22-13-16(21(28)14-23(22)37-15-24(33)30-18-6-4-3-5-7-18)12-20-25(34)31-27(38)32(26(20)35)19-10-8-17(29)9-11-19/h3-14H,2,15H2,1H3,(H,30,33)(H,31,34,38)/b20-12-. The number of nitrogens with one attached hydrogen (secondary N) is 2. The average molecular weight is 598 g/mol. The van der Waals surface area contributed by atoms with Crippen LogP contribution in [0.15, 0.2) is 76.8 Å². The summed E-state index contributed by atoms with van der Waals surface area (Å²) in [5, 5.41) is 5.10. The molecule has 1 aliphatic heterocycles. The largest absolute Gasteiger partial charge is 0.490 e. The van der Waals surface area contributed by atoms with Gasteiger partial charge in [0.25, 0.3) is 17.7 Å². The summed E-state index contributed by atoms with van der Waals surface area (Å²) in [5.41, 5.74) is 1.19. The zero-order valence-electron chi connectivity index (χ0n) is 20.0. The van der Waals surface area contributed by atoms with Crippen LogP contribution >= 0.6 is 28.1 Å². The Morgan fingerprint density at radius 3 is 2.45 bits per heavy atom. The van der Waals surface area contributed by atoms with E-state index in [-0.39, 0.29) is 28.9 Å². The Balaban J connectivity index is 1.59. The summed E-state index contributed by atoms with van der Waals surface area (Å²) in [4.78, 5) is 39.4. The lowest BCUT2D eigenvalue weighted by atomic mass is 10.1. The van der Waals surface area contributed by atoms with Crippen molar-refractivity contribution in [1.29, 1.82) is 0 Å². The van der Waals surface area contributed by atoms with Crippen LogP contribution in [0.5, 0.6) is 11.5 Å². The highest BCUT2D eigenvalue weighted by molar-refractivity contribution is 9.10. The Morgan fingerprint density at radius 2 is 1.76 bits per heavy atom. The number of carbonyl (C=O) groups excluding carboxylic acids is 3. The van der Waals surface area contributed by atoms with Crippen LogP contribution in [0.1, 0.15) is 12.5 Å². The number of hydrogen-bond acceptors (Lipinski definition) is 6. The lowest BCUT2D eigenvalue weighted by Crippen LogP contribution is -2.54. The van der Waals surface area contributed by atoms with E-state index in [1.807, 2.05) is 6.07 Å². The number of thiocarbonyl (C=S) groups is 1.